The zero-order valence-electron chi connectivity index (χ0n) is 12.8. The summed E-state index contributed by atoms with van der Waals surface area (Å²) in [5.74, 6) is 1.25. The maximum Gasteiger partial charge on any atom is 0.225 e. The Morgan fingerprint density at radius 2 is 1.86 bits per heavy atom. The van der Waals surface area contributed by atoms with Crippen molar-refractivity contribution in [1.82, 2.24) is 4.90 Å². The molecule has 1 aliphatic heterocycles. The van der Waals surface area contributed by atoms with Crippen molar-refractivity contribution in [2.45, 2.75) is 45.1 Å². The average molecular weight is 286 g/mol. The van der Waals surface area contributed by atoms with Gasteiger partial charge in [-0.3, -0.25) is 4.79 Å². The van der Waals surface area contributed by atoms with E-state index in [1.165, 1.54) is 11.1 Å². The predicted octanol–water partition coefficient (Wildman–Crippen LogP) is 2.73. The Kier molecular flexibility index (Phi) is 4.59. The van der Waals surface area contributed by atoms with Crippen molar-refractivity contribution >= 4 is 5.91 Å². The van der Waals surface area contributed by atoms with Crippen LogP contribution in [0, 0.1) is 11.8 Å². The lowest BCUT2D eigenvalue weighted by Gasteiger charge is -2.31. The van der Waals surface area contributed by atoms with Crippen LogP contribution in [-0.2, 0) is 17.8 Å². The first kappa shape index (κ1) is 14.6. The van der Waals surface area contributed by atoms with Crippen molar-refractivity contribution in [3.05, 3.63) is 35.4 Å². The van der Waals surface area contributed by atoms with E-state index in [2.05, 4.69) is 29.2 Å². The molecule has 3 rings (SSSR count). The topological polar surface area (TPSA) is 46.3 Å². The summed E-state index contributed by atoms with van der Waals surface area (Å²) in [6.45, 7) is 2.48. The highest BCUT2D eigenvalue weighted by atomic mass is 16.2. The number of benzene rings is 1. The Hall–Kier alpha value is -1.35. The van der Waals surface area contributed by atoms with Crippen LogP contribution in [0.1, 0.15) is 43.2 Å². The third-order valence-electron chi connectivity index (χ3n) is 5.19. The molecule has 114 valence electrons. The van der Waals surface area contributed by atoms with Crippen LogP contribution in [-0.4, -0.2) is 23.9 Å². The molecule has 3 nitrogen and oxygen atoms in total. The molecule has 1 aliphatic carbocycles. The number of hydrogen-bond acceptors (Lipinski definition) is 2. The number of aryl methyl sites for hydroxylation is 1. The second-order valence-corrected chi connectivity index (χ2v) is 6.59. The summed E-state index contributed by atoms with van der Waals surface area (Å²) in [4.78, 5) is 14.9. The molecule has 0 unspecified atom stereocenters. The second kappa shape index (κ2) is 6.61. The number of fused-ring (bicyclic) bond motifs is 1. The lowest BCUT2D eigenvalue weighted by Crippen LogP contribution is -2.38. The highest BCUT2D eigenvalue weighted by molar-refractivity contribution is 5.79. The summed E-state index contributed by atoms with van der Waals surface area (Å²) in [6.07, 6.45) is 6.48. The van der Waals surface area contributed by atoms with Gasteiger partial charge in [-0.25, -0.2) is 0 Å². The molecule has 1 amide bonds. The zero-order chi connectivity index (χ0) is 14.7. The normalized spacial score (nSPS) is 26.0. The number of hydrogen-bond donors (Lipinski definition) is 1. The molecule has 0 saturated heterocycles. The quantitative estimate of drug-likeness (QED) is 0.908. The van der Waals surface area contributed by atoms with Crippen molar-refractivity contribution in [2.24, 2.45) is 17.6 Å². The fourth-order valence-electron chi connectivity index (χ4n) is 3.79. The summed E-state index contributed by atoms with van der Waals surface area (Å²) in [5.41, 5.74) is 8.49. The minimum absolute atomic E-state index is 0.234. The van der Waals surface area contributed by atoms with Crippen molar-refractivity contribution in [1.29, 1.82) is 0 Å². The fraction of sp³-hybridized carbons (Fsp3) is 0.611. The Bertz CT molecular complexity index is 492. The summed E-state index contributed by atoms with van der Waals surface area (Å²) in [5, 5.41) is 0. The Labute approximate surface area is 127 Å². The molecule has 0 atom stereocenters. The number of amides is 1. The monoisotopic (exact) mass is 286 g/mol. The zero-order valence-corrected chi connectivity index (χ0v) is 12.8. The fourth-order valence-corrected chi connectivity index (χ4v) is 3.79. The molecule has 1 aromatic rings. The first-order chi connectivity index (χ1) is 10.3. The first-order valence-electron chi connectivity index (χ1n) is 8.33. The van der Waals surface area contributed by atoms with Gasteiger partial charge in [0.05, 0.1) is 0 Å². The van der Waals surface area contributed by atoms with Crippen LogP contribution in [0.5, 0.6) is 0 Å². The van der Waals surface area contributed by atoms with E-state index < -0.39 is 0 Å². The molecule has 0 bridgehead atoms. The van der Waals surface area contributed by atoms with Gasteiger partial charge in [0, 0.05) is 19.0 Å². The molecule has 0 aromatic heterocycles. The molecule has 1 saturated carbocycles. The maximum absolute atomic E-state index is 12.8. The molecule has 1 aromatic carbocycles. The van der Waals surface area contributed by atoms with Gasteiger partial charge in [0.2, 0.25) is 5.91 Å². The summed E-state index contributed by atoms with van der Waals surface area (Å²) in [6, 6.07) is 8.56. The maximum atomic E-state index is 12.8. The van der Waals surface area contributed by atoms with Crippen molar-refractivity contribution in [3.8, 4) is 0 Å². The smallest absolute Gasteiger partial charge is 0.225 e. The van der Waals surface area contributed by atoms with E-state index in [-0.39, 0.29) is 5.92 Å². The third-order valence-corrected chi connectivity index (χ3v) is 5.19. The Morgan fingerprint density at radius 3 is 2.57 bits per heavy atom. The van der Waals surface area contributed by atoms with E-state index >= 15 is 0 Å². The van der Waals surface area contributed by atoms with E-state index in [4.69, 9.17) is 5.73 Å². The Morgan fingerprint density at radius 1 is 1.14 bits per heavy atom. The van der Waals surface area contributed by atoms with Crippen LogP contribution in [0.2, 0.25) is 0 Å². The van der Waals surface area contributed by atoms with Crippen LogP contribution < -0.4 is 5.73 Å². The molecule has 1 heterocycles. The number of nitrogens with zero attached hydrogens (tertiary/aromatic N) is 1. The van der Waals surface area contributed by atoms with Crippen LogP contribution in [0.3, 0.4) is 0 Å². The molecular weight excluding hydrogens is 260 g/mol. The number of rotatable bonds is 2. The van der Waals surface area contributed by atoms with E-state index in [0.29, 0.717) is 11.8 Å². The molecule has 2 N–H and O–H groups in total. The van der Waals surface area contributed by atoms with Crippen molar-refractivity contribution in [2.75, 3.05) is 13.1 Å². The highest BCUT2D eigenvalue weighted by Gasteiger charge is 2.29. The second-order valence-electron chi connectivity index (χ2n) is 6.59. The van der Waals surface area contributed by atoms with Gasteiger partial charge in [-0.15, -0.1) is 0 Å². The lowest BCUT2D eigenvalue weighted by atomic mass is 9.81. The number of nitrogens with two attached hydrogens (primary N) is 1. The van der Waals surface area contributed by atoms with Gasteiger partial charge in [0.15, 0.2) is 0 Å². The van der Waals surface area contributed by atoms with E-state index in [1.54, 1.807) is 0 Å². The molecule has 0 radical (unpaired) electrons. The molecule has 2 aliphatic rings. The van der Waals surface area contributed by atoms with Gasteiger partial charge < -0.3 is 10.6 Å². The number of carbonyl (C=O) groups is 1. The lowest BCUT2D eigenvalue weighted by molar-refractivity contribution is -0.137. The first-order valence-corrected chi connectivity index (χ1v) is 8.33. The molecule has 3 heteroatoms. The van der Waals surface area contributed by atoms with E-state index in [9.17, 15) is 4.79 Å². The summed E-state index contributed by atoms with van der Waals surface area (Å²) >= 11 is 0. The summed E-state index contributed by atoms with van der Waals surface area (Å²) in [7, 11) is 0. The Balaban J connectivity index is 1.65. The van der Waals surface area contributed by atoms with Crippen LogP contribution in [0.15, 0.2) is 24.3 Å². The molecule has 0 spiro atoms. The van der Waals surface area contributed by atoms with Gasteiger partial charge in [0.1, 0.15) is 0 Å². The largest absolute Gasteiger partial charge is 0.338 e. The third kappa shape index (κ3) is 3.29. The van der Waals surface area contributed by atoms with E-state index in [1.807, 2.05) is 0 Å². The van der Waals surface area contributed by atoms with Gasteiger partial charge in [-0.1, -0.05) is 24.3 Å². The van der Waals surface area contributed by atoms with Crippen LogP contribution >= 0.6 is 0 Å². The highest BCUT2D eigenvalue weighted by Crippen LogP contribution is 2.30. The van der Waals surface area contributed by atoms with Gasteiger partial charge in [0.25, 0.3) is 0 Å². The van der Waals surface area contributed by atoms with Gasteiger partial charge in [-0.05, 0) is 62.1 Å². The minimum atomic E-state index is 0.234. The van der Waals surface area contributed by atoms with E-state index in [0.717, 1.165) is 58.2 Å². The average Bonchev–Trinajstić information content (AvgIpc) is 2.76. The molecular formula is C18H26N2O. The SMILES string of the molecule is NCC1CCC(C(=O)N2CCCc3ccccc3C2)CC1. The molecule has 1 fully saturated rings. The van der Waals surface area contributed by atoms with Crippen molar-refractivity contribution in [3.63, 3.8) is 0 Å². The van der Waals surface area contributed by atoms with Gasteiger partial charge >= 0.3 is 0 Å². The van der Waals surface area contributed by atoms with Crippen LogP contribution in [0.4, 0.5) is 0 Å². The predicted molar refractivity (Wildman–Crippen MR) is 84.7 cm³/mol. The van der Waals surface area contributed by atoms with Crippen LogP contribution in [0.25, 0.3) is 0 Å². The van der Waals surface area contributed by atoms with Gasteiger partial charge in [-0.2, -0.15) is 0 Å². The minimum Gasteiger partial charge on any atom is -0.338 e. The summed E-state index contributed by atoms with van der Waals surface area (Å²) < 4.78 is 0. The molecule has 21 heavy (non-hydrogen) atoms. The number of carbonyl (C=O) groups excluding carboxylic acids is 1. The standard InChI is InChI=1S/C18H26N2O/c19-12-14-7-9-16(10-8-14)18(21)20-11-3-6-15-4-1-2-5-17(15)13-20/h1-2,4-5,14,16H,3,6-13,19H2. The van der Waals surface area contributed by atoms with Crippen molar-refractivity contribution < 1.29 is 4.79 Å².